The first-order chi connectivity index (χ1) is 5.65. The molecule has 2 atom stereocenters. The maximum absolute atomic E-state index is 10.5. The van der Waals surface area contributed by atoms with Crippen LogP contribution in [0.2, 0.25) is 0 Å². The summed E-state index contributed by atoms with van der Waals surface area (Å²) in [6.45, 7) is 0.978. The summed E-state index contributed by atoms with van der Waals surface area (Å²) in [4.78, 5) is 22.4. The molecular formula is C7H12N2O3. The van der Waals surface area contributed by atoms with E-state index < -0.39 is 12.1 Å². The smallest absolute Gasteiger partial charge is 0.307 e. The van der Waals surface area contributed by atoms with Gasteiger partial charge in [0.15, 0.2) is 6.29 Å². The molecule has 1 aliphatic heterocycles. The van der Waals surface area contributed by atoms with Crippen LogP contribution in [-0.2, 0) is 9.59 Å². The van der Waals surface area contributed by atoms with E-state index in [4.69, 9.17) is 10.8 Å². The topological polar surface area (TPSA) is 83.6 Å². The molecule has 1 aliphatic rings. The van der Waals surface area contributed by atoms with Crippen molar-refractivity contribution in [3.8, 4) is 0 Å². The number of carboxylic acids is 1. The molecule has 0 bridgehead atoms. The first-order valence-corrected chi connectivity index (χ1v) is 3.83. The number of hydrogen-bond donors (Lipinski definition) is 2. The van der Waals surface area contributed by atoms with Crippen molar-refractivity contribution in [2.45, 2.75) is 12.6 Å². The van der Waals surface area contributed by atoms with Crippen molar-refractivity contribution in [2.75, 3.05) is 13.1 Å². The lowest BCUT2D eigenvalue weighted by Gasteiger charge is -2.17. The zero-order valence-corrected chi connectivity index (χ0v) is 6.64. The second-order valence-corrected chi connectivity index (χ2v) is 2.95. The maximum Gasteiger partial charge on any atom is 0.307 e. The third-order valence-corrected chi connectivity index (χ3v) is 2.13. The Morgan fingerprint density at radius 3 is 2.83 bits per heavy atom. The molecule has 2 unspecified atom stereocenters. The minimum absolute atomic E-state index is 0.365. The summed E-state index contributed by atoms with van der Waals surface area (Å²) >= 11 is 0. The van der Waals surface area contributed by atoms with Crippen molar-refractivity contribution >= 4 is 12.3 Å². The Hall–Kier alpha value is -0.940. The highest BCUT2D eigenvalue weighted by molar-refractivity contribution is 5.70. The molecule has 12 heavy (non-hydrogen) atoms. The predicted octanol–water partition coefficient (Wildman–Crippen LogP) is -1.12. The summed E-state index contributed by atoms with van der Waals surface area (Å²) in [5.74, 6) is -1.17. The molecule has 0 saturated carbocycles. The number of likely N-dealkylation sites (tertiary alicyclic amines) is 1. The highest BCUT2D eigenvalue weighted by atomic mass is 16.4. The molecule has 0 aromatic heterocycles. The van der Waals surface area contributed by atoms with Gasteiger partial charge in [-0.1, -0.05) is 0 Å². The van der Waals surface area contributed by atoms with Gasteiger partial charge in [-0.3, -0.25) is 9.69 Å². The van der Waals surface area contributed by atoms with Crippen LogP contribution in [-0.4, -0.2) is 41.5 Å². The Morgan fingerprint density at radius 1 is 1.75 bits per heavy atom. The van der Waals surface area contributed by atoms with Crippen molar-refractivity contribution in [1.29, 1.82) is 0 Å². The van der Waals surface area contributed by atoms with Gasteiger partial charge in [0, 0.05) is 13.1 Å². The fourth-order valence-corrected chi connectivity index (χ4v) is 1.35. The monoisotopic (exact) mass is 172 g/mol. The quantitative estimate of drug-likeness (QED) is 0.527. The third kappa shape index (κ3) is 1.80. The summed E-state index contributed by atoms with van der Waals surface area (Å²) in [5, 5.41) is 8.63. The molecule has 1 heterocycles. The molecule has 0 radical (unpaired) electrons. The third-order valence-electron chi connectivity index (χ3n) is 2.13. The van der Waals surface area contributed by atoms with Crippen molar-refractivity contribution in [1.82, 2.24) is 4.90 Å². The summed E-state index contributed by atoms with van der Waals surface area (Å²) in [6, 6.07) is 0. The minimum atomic E-state index is -0.810. The van der Waals surface area contributed by atoms with Crippen molar-refractivity contribution in [2.24, 2.45) is 11.7 Å². The van der Waals surface area contributed by atoms with E-state index in [1.165, 1.54) is 0 Å². The zero-order chi connectivity index (χ0) is 9.14. The van der Waals surface area contributed by atoms with E-state index in [9.17, 15) is 9.59 Å². The normalized spacial score (nSPS) is 26.9. The van der Waals surface area contributed by atoms with Gasteiger partial charge in [-0.15, -0.1) is 0 Å². The van der Waals surface area contributed by atoms with Crippen LogP contribution in [0.4, 0.5) is 0 Å². The molecule has 1 rings (SSSR count). The predicted molar refractivity (Wildman–Crippen MR) is 41.4 cm³/mol. The van der Waals surface area contributed by atoms with Crippen molar-refractivity contribution in [3.05, 3.63) is 0 Å². The Bertz CT molecular complexity index is 195. The van der Waals surface area contributed by atoms with E-state index in [0.29, 0.717) is 25.8 Å². The first kappa shape index (κ1) is 9.15. The molecule has 1 fully saturated rings. The molecule has 0 aliphatic carbocycles. The summed E-state index contributed by atoms with van der Waals surface area (Å²) in [5.41, 5.74) is 5.41. The lowest BCUT2D eigenvalue weighted by Crippen LogP contribution is -2.42. The highest BCUT2D eigenvalue weighted by Crippen LogP contribution is 2.16. The molecule has 5 heteroatoms. The number of hydrogen-bond acceptors (Lipinski definition) is 4. The van der Waals surface area contributed by atoms with Crippen LogP contribution in [0.15, 0.2) is 0 Å². The number of rotatable bonds is 3. The zero-order valence-electron chi connectivity index (χ0n) is 6.64. The van der Waals surface area contributed by atoms with Crippen molar-refractivity contribution in [3.63, 3.8) is 0 Å². The Morgan fingerprint density at radius 2 is 2.42 bits per heavy atom. The van der Waals surface area contributed by atoms with E-state index in [0.717, 1.165) is 0 Å². The number of carbonyl (C=O) groups is 2. The second kappa shape index (κ2) is 3.64. The SMILES string of the molecule is NC(C=O)N1CCC(C(=O)O)C1. The Balaban J connectivity index is 2.45. The van der Waals surface area contributed by atoms with Gasteiger partial charge in [0.05, 0.1) is 5.92 Å². The second-order valence-electron chi connectivity index (χ2n) is 2.95. The van der Waals surface area contributed by atoms with E-state index in [2.05, 4.69) is 0 Å². The van der Waals surface area contributed by atoms with Gasteiger partial charge in [-0.2, -0.15) is 0 Å². The first-order valence-electron chi connectivity index (χ1n) is 3.83. The maximum atomic E-state index is 10.5. The standard InChI is InChI=1S/C7H12N2O3/c8-6(4-10)9-2-1-5(3-9)7(11)12/h4-6H,1-3,8H2,(H,11,12). The Labute approximate surface area is 70.1 Å². The largest absolute Gasteiger partial charge is 0.481 e. The fourth-order valence-electron chi connectivity index (χ4n) is 1.35. The van der Waals surface area contributed by atoms with Gasteiger partial charge < -0.3 is 15.6 Å². The van der Waals surface area contributed by atoms with Crippen LogP contribution in [0.3, 0.4) is 0 Å². The van der Waals surface area contributed by atoms with Gasteiger partial charge in [-0.25, -0.2) is 0 Å². The van der Waals surface area contributed by atoms with Crippen LogP contribution in [0.25, 0.3) is 0 Å². The van der Waals surface area contributed by atoms with Gasteiger partial charge in [0.2, 0.25) is 0 Å². The number of aldehydes is 1. The average molecular weight is 172 g/mol. The molecule has 5 nitrogen and oxygen atoms in total. The molecular weight excluding hydrogens is 160 g/mol. The van der Waals surface area contributed by atoms with Crippen LogP contribution < -0.4 is 5.73 Å². The molecule has 68 valence electrons. The van der Waals surface area contributed by atoms with Crippen LogP contribution in [0, 0.1) is 5.92 Å². The number of aliphatic carboxylic acids is 1. The molecule has 0 aromatic rings. The number of nitrogens with zero attached hydrogens (tertiary/aromatic N) is 1. The van der Waals surface area contributed by atoms with Crippen LogP contribution >= 0.6 is 0 Å². The van der Waals surface area contributed by atoms with Crippen molar-refractivity contribution < 1.29 is 14.7 Å². The van der Waals surface area contributed by atoms with E-state index in [1.54, 1.807) is 4.90 Å². The summed E-state index contributed by atoms with van der Waals surface area (Å²) in [6.07, 6.45) is 0.565. The summed E-state index contributed by atoms with van der Waals surface area (Å²) < 4.78 is 0. The number of carbonyl (C=O) groups excluding carboxylic acids is 1. The Kier molecular flexibility index (Phi) is 2.78. The fraction of sp³-hybridized carbons (Fsp3) is 0.714. The molecule has 1 saturated heterocycles. The molecule has 3 N–H and O–H groups in total. The van der Waals surface area contributed by atoms with E-state index in [1.807, 2.05) is 0 Å². The average Bonchev–Trinajstić information content (AvgIpc) is 2.51. The minimum Gasteiger partial charge on any atom is -0.481 e. The molecule has 0 aromatic carbocycles. The lowest BCUT2D eigenvalue weighted by atomic mass is 10.1. The highest BCUT2D eigenvalue weighted by Gasteiger charge is 2.30. The van der Waals surface area contributed by atoms with Gasteiger partial charge in [0.25, 0.3) is 0 Å². The van der Waals surface area contributed by atoms with Gasteiger partial charge >= 0.3 is 5.97 Å². The van der Waals surface area contributed by atoms with Gasteiger partial charge in [0.1, 0.15) is 6.17 Å². The summed E-state index contributed by atoms with van der Waals surface area (Å²) in [7, 11) is 0. The lowest BCUT2D eigenvalue weighted by molar-refractivity contribution is -0.141. The van der Waals surface area contributed by atoms with E-state index in [-0.39, 0.29) is 5.92 Å². The molecule has 0 spiro atoms. The van der Waals surface area contributed by atoms with Crippen LogP contribution in [0.5, 0.6) is 0 Å². The van der Waals surface area contributed by atoms with Crippen LogP contribution in [0.1, 0.15) is 6.42 Å². The molecule has 0 amide bonds. The number of nitrogens with two attached hydrogens (primary N) is 1. The number of carboxylic acid groups (broad SMARTS) is 1. The van der Waals surface area contributed by atoms with Gasteiger partial charge in [-0.05, 0) is 6.42 Å². The van der Waals surface area contributed by atoms with E-state index >= 15 is 0 Å².